The molecule has 2 aromatic heterocycles. The number of nitrogens with one attached hydrogen (secondary N) is 3. The van der Waals surface area contributed by atoms with Crippen molar-refractivity contribution in [3.05, 3.63) is 63.4 Å². The van der Waals surface area contributed by atoms with Crippen molar-refractivity contribution in [2.45, 2.75) is 58.8 Å². The normalized spacial score (nSPS) is 20.7. The fourth-order valence-electron chi connectivity index (χ4n) is 6.66. The molecule has 4 N–H and O–H groups in total. The summed E-state index contributed by atoms with van der Waals surface area (Å²) in [5.41, 5.74) is 1.60. The number of nitrogens with zero attached hydrogens (tertiary/aromatic N) is 5. The third-order valence-electron chi connectivity index (χ3n) is 9.69. The maximum atomic E-state index is 12.9. The standard InChI is InChI=1S/C37H47ClN8O6S/c1-21-7-6-8-27(38)31(21)44-35(50)28-19-40-36(53-28)43-29-17-30(42-23(3)41-29)46-11-9-45(10-12-46)13-14-52-37(4,5)20-51-22(2)18-39-34(49)26-16-24-15-25(26)33(48)32(24)47/h6-8,15,17,19,22,25-26,32,47H,9-14,16,18,20H2,1-5H3,(H,39,49)(H,44,50)(H,40,41,42,43)/t22?,25-,26+,32+/m1/s1. The molecule has 16 heteroatoms. The Hall–Kier alpha value is -3.99. The number of halogens is 1. The van der Waals surface area contributed by atoms with Gasteiger partial charge in [0.25, 0.3) is 5.91 Å². The van der Waals surface area contributed by atoms with Crippen molar-refractivity contribution in [2.75, 3.05) is 68.0 Å². The van der Waals surface area contributed by atoms with Crippen LogP contribution >= 0.6 is 22.9 Å². The second-order valence-corrected chi connectivity index (χ2v) is 15.8. The number of thiazole rings is 1. The number of rotatable bonds is 15. The number of ether oxygens (including phenoxy) is 2. The van der Waals surface area contributed by atoms with E-state index in [1.807, 2.05) is 52.8 Å². The summed E-state index contributed by atoms with van der Waals surface area (Å²) in [6.45, 7) is 14.9. The van der Waals surface area contributed by atoms with E-state index >= 15 is 0 Å². The number of amides is 2. The van der Waals surface area contributed by atoms with E-state index < -0.39 is 23.5 Å². The van der Waals surface area contributed by atoms with E-state index in [2.05, 4.69) is 40.7 Å². The van der Waals surface area contributed by atoms with E-state index in [4.69, 9.17) is 21.1 Å². The molecule has 1 aromatic carbocycles. The number of hydrogen-bond donors (Lipinski definition) is 4. The highest BCUT2D eigenvalue weighted by molar-refractivity contribution is 7.17. The minimum absolute atomic E-state index is 0.183. The molecular weight excluding hydrogens is 720 g/mol. The van der Waals surface area contributed by atoms with Crippen LogP contribution in [0.2, 0.25) is 5.02 Å². The van der Waals surface area contributed by atoms with E-state index in [1.54, 1.807) is 12.1 Å². The lowest BCUT2D eigenvalue weighted by molar-refractivity contribution is -0.136. The Morgan fingerprint density at radius 3 is 2.66 bits per heavy atom. The number of benzene rings is 1. The molecule has 6 rings (SSSR count). The van der Waals surface area contributed by atoms with Crippen LogP contribution in [0.3, 0.4) is 0 Å². The van der Waals surface area contributed by atoms with Gasteiger partial charge < -0.3 is 35.4 Å². The molecule has 14 nitrogen and oxygen atoms in total. The van der Waals surface area contributed by atoms with Crippen LogP contribution in [0.1, 0.15) is 48.3 Å². The summed E-state index contributed by atoms with van der Waals surface area (Å²) in [4.78, 5) is 56.3. The quantitative estimate of drug-likeness (QED) is 0.163. The molecular formula is C37H47ClN8O6S. The van der Waals surface area contributed by atoms with Gasteiger partial charge in [0.15, 0.2) is 10.9 Å². The van der Waals surface area contributed by atoms with Gasteiger partial charge in [-0.15, -0.1) is 0 Å². The zero-order valence-electron chi connectivity index (χ0n) is 30.6. The van der Waals surface area contributed by atoms with E-state index in [9.17, 15) is 19.5 Å². The minimum atomic E-state index is -1.04. The van der Waals surface area contributed by atoms with Crippen molar-refractivity contribution < 1.29 is 29.0 Å². The number of aliphatic hydroxyl groups excluding tert-OH is 1. The molecule has 1 unspecified atom stereocenters. The topological polar surface area (TPSA) is 171 Å². The van der Waals surface area contributed by atoms with Gasteiger partial charge in [-0.3, -0.25) is 19.3 Å². The summed E-state index contributed by atoms with van der Waals surface area (Å²) in [5.74, 6) is 0.345. The van der Waals surface area contributed by atoms with Gasteiger partial charge in [-0.05, 0) is 58.2 Å². The Balaban J connectivity index is 0.898. The first kappa shape index (κ1) is 38.7. The number of aryl methyl sites for hydroxylation is 2. The van der Waals surface area contributed by atoms with Crippen molar-refractivity contribution in [2.24, 2.45) is 11.8 Å². The number of aliphatic hydroxyl groups is 1. The summed E-state index contributed by atoms with van der Waals surface area (Å²) < 4.78 is 12.2. The number of ketones is 1. The number of piperazine rings is 1. The van der Waals surface area contributed by atoms with Crippen molar-refractivity contribution in [1.82, 2.24) is 25.2 Å². The van der Waals surface area contributed by atoms with Crippen LogP contribution in [0.15, 0.2) is 42.1 Å². The SMILES string of the molecule is Cc1nc(Nc2ncc(C(=O)Nc3c(C)cccc3Cl)s2)cc(N2CCN(CCOC(C)(C)COC(C)CNC(=O)[C@H]3CC4=C[C@H]3C(=O)[C@H]4O)CC2)n1. The number of aromatic nitrogens is 3. The molecule has 3 aromatic rings. The van der Waals surface area contributed by atoms with Gasteiger partial charge in [-0.25, -0.2) is 15.0 Å². The van der Waals surface area contributed by atoms with E-state index in [1.165, 1.54) is 17.5 Å². The molecule has 2 aliphatic carbocycles. The second kappa shape index (κ2) is 16.6. The number of carbonyl (C=O) groups excluding carboxylic acids is 3. The van der Waals surface area contributed by atoms with E-state index in [0.29, 0.717) is 64.1 Å². The van der Waals surface area contributed by atoms with E-state index in [0.717, 1.165) is 44.1 Å². The largest absolute Gasteiger partial charge is 0.381 e. The summed E-state index contributed by atoms with van der Waals surface area (Å²) in [7, 11) is 0. The maximum Gasteiger partial charge on any atom is 0.267 e. The van der Waals surface area contributed by atoms with Gasteiger partial charge in [-0.1, -0.05) is 41.1 Å². The molecule has 2 amide bonds. The third-order valence-corrected chi connectivity index (χ3v) is 10.9. The highest BCUT2D eigenvalue weighted by atomic mass is 35.5. The lowest BCUT2D eigenvalue weighted by atomic mass is 9.84. The molecule has 2 bridgehead atoms. The number of para-hydroxylation sites is 1. The van der Waals surface area contributed by atoms with Crippen molar-refractivity contribution >= 4 is 63.0 Å². The first-order valence-electron chi connectivity index (χ1n) is 17.8. The molecule has 1 saturated heterocycles. The fourth-order valence-corrected chi connectivity index (χ4v) is 7.65. The lowest BCUT2D eigenvalue weighted by Crippen LogP contribution is -2.48. The molecule has 1 aliphatic heterocycles. The van der Waals surface area contributed by atoms with Gasteiger partial charge in [0, 0.05) is 45.3 Å². The van der Waals surface area contributed by atoms with Crippen LogP contribution in [0.4, 0.5) is 22.5 Å². The predicted octanol–water partition coefficient (Wildman–Crippen LogP) is 4.14. The van der Waals surface area contributed by atoms with Gasteiger partial charge in [0.2, 0.25) is 5.91 Å². The van der Waals surface area contributed by atoms with E-state index in [-0.39, 0.29) is 23.7 Å². The van der Waals surface area contributed by atoms with Crippen molar-refractivity contribution in [3.8, 4) is 0 Å². The maximum absolute atomic E-state index is 12.9. The number of carbonyl (C=O) groups is 3. The molecule has 1 fully saturated rings. The molecule has 0 radical (unpaired) electrons. The number of anilines is 4. The first-order chi connectivity index (χ1) is 25.3. The average molecular weight is 767 g/mol. The average Bonchev–Trinajstić information content (AvgIpc) is 3.85. The Morgan fingerprint density at radius 2 is 1.94 bits per heavy atom. The third kappa shape index (κ3) is 9.58. The minimum Gasteiger partial charge on any atom is -0.381 e. The smallest absolute Gasteiger partial charge is 0.267 e. The van der Waals surface area contributed by atoms with Gasteiger partial charge in [0.05, 0.1) is 53.7 Å². The lowest BCUT2D eigenvalue weighted by Gasteiger charge is -2.36. The Kier molecular flexibility index (Phi) is 12.1. The molecule has 3 aliphatic rings. The van der Waals surface area contributed by atoms with Crippen LogP contribution in [-0.2, 0) is 19.1 Å². The fraction of sp³-hybridized carbons (Fsp3) is 0.514. The first-order valence-corrected chi connectivity index (χ1v) is 19.0. The molecule has 0 spiro atoms. The van der Waals surface area contributed by atoms with Crippen molar-refractivity contribution in [3.63, 3.8) is 0 Å². The van der Waals surface area contributed by atoms with Gasteiger partial charge >= 0.3 is 0 Å². The zero-order chi connectivity index (χ0) is 37.9. The monoisotopic (exact) mass is 766 g/mol. The van der Waals surface area contributed by atoms with Crippen molar-refractivity contribution in [1.29, 1.82) is 0 Å². The Bertz CT molecular complexity index is 1840. The summed E-state index contributed by atoms with van der Waals surface area (Å²) in [5, 5.41) is 19.9. The Morgan fingerprint density at radius 1 is 1.17 bits per heavy atom. The summed E-state index contributed by atoms with van der Waals surface area (Å²) in [6, 6.07) is 7.36. The summed E-state index contributed by atoms with van der Waals surface area (Å²) >= 11 is 7.51. The zero-order valence-corrected chi connectivity index (χ0v) is 32.2. The Labute approximate surface area is 318 Å². The molecule has 0 saturated carbocycles. The van der Waals surface area contributed by atoms with Crippen LogP contribution in [0.25, 0.3) is 0 Å². The number of fused-ring (bicyclic) bond motifs is 1. The molecule has 53 heavy (non-hydrogen) atoms. The van der Waals surface area contributed by atoms with Crippen LogP contribution in [0, 0.1) is 25.7 Å². The van der Waals surface area contributed by atoms with Gasteiger partial charge in [-0.2, -0.15) is 0 Å². The highest BCUT2D eigenvalue weighted by Gasteiger charge is 2.48. The van der Waals surface area contributed by atoms with Gasteiger partial charge in [0.1, 0.15) is 28.4 Å². The summed E-state index contributed by atoms with van der Waals surface area (Å²) in [6.07, 6.45) is 2.42. The molecule has 3 heterocycles. The number of Topliss-reactive ketones (excluding diaryl/α,β-unsaturated/α-hetero) is 1. The van der Waals surface area contributed by atoms with Crippen LogP contribution < -0.4 is 20.9 Å². The number of allylic oxidation sites excluding steroid dienone is 1. The molecule has 284 valence electrons. The highest BCUT2D eigenvalue weighted by Crippen LogP contribution is 2.41. The molecule has 4 atom stereocenters. The van der Waals surface area contributed by atoms with Crippen LogP contribution in [-0.4, -0.2) is 113 Å². The second-order valence-electron chi connectivity index (χ2n) is 14.4. The van der Waals surface area contributed by atoms with Crippen LogP contribution in [0.5, 0.6) is 0 Å². The number of hydrogen-bond acceptors (Lipinski definition) is 13. The predicted molar refractivity (Wildman–Crippen MR) is 204 cm³/mol.